The minimum absolute atomic E-state index is 0.340. The zero-order valence-corrected chi connectivity index (χ0v) is 13.7. The lowest BCUT2D eigenvalue weighted by Gasteiger charge is -2.12. The van der Waals surface area contributed by atoms with Gasteiger partial charge in [0.1, 0.15) is 5.03 Å². The number of hydrogen-bond donors (Lipinski definition) is 1. The van der Waals surface area contributed by atoms with Gasteiger partial charge in [-0.2, -0.15) is 0 Å². The highest BCUT2D eigenvalue weighted by Crippen LogP contribution is 2.33. The molecule has 2 aromatic heterocycles. The largest absolute Gasteiger partial charge is 0.310 e. The maximum atomic E-state index is 4.64. The number of benzene rings is 1. The maximum absolute atomic E-state index is 4.64. The maximum Gasteiger partial charge on any atom is 0.157 e. The third-order valence-corrected chi connectivity index (χ3v) is 5.26. The van der Waals surface area contributed by atoms with Crippen LogP contribution in [0.5, 0.6) is 0 Å². The van der Waals surface area contributed by atoms with E-state index in [1.165, 1.54) is 10.3 Å². The lowest BCUT2D eigenvalue weighted by molar-refractivity contribution is 0.596. The van der Waals surface area contributed by atoms with Gasteiger partial charge >= 0.3 is 0 Å². The van der Waals surface area contributed by atoms with Crippen LogP contribution in [0.15, 0.2) is 52.0 Å². The Labute approximate surface area is 132 Å². The molecule has 0 aliphatic carbocycles. The molecule has 2 heterocycles. The smallest absolute Gasteiger partial charge is 0.157 e. The molecule has 0 saturated carbocycles. The molecular weight excluding hydrogens is 298 g/mol. The van der Waals surface area contributed by atoms with Crippen LogP contribution in [0, 0.1) is 0 Å². The molecule has 0 fully saturated rings. The van der Waals surface area contributed by atoms with Crippen molar-refractivity contribution in [3.63, 3.8) is 0 Å². The first kappa shape index (κ1) is 14.5. The van der Waals surface area contributed by atoms with Crippen molar-refractivity contribution in [2.45, 2.75) is 29.3 Å². The van der Waals surface area contributed by atoms with Gasteiger partial charge in [0.25, 0.3) is 0 Å². The molecule has 1 unspecified atom stereocenters. The molecule has 0 amide bonds. The second-order valence-electron chi connectivity index (χ2n) is 4.76. The summed E-state index contributed by atoms with van der Waals surface area (Å²) in [5.74, 6) is 0. The molecule has 0 aliphatic heterocycles. The Kier molecular flexibility index (Phi) is 4.53. The number of fused-ring (bicyclic) bond motifs is 1. The predicted molar refractivity (Wildman–Crippen MR) is 90.1 cm³/mol. The third kappa shape index (κ3) is 3.43. The molecule has 1 aromatic carbocycles. The minimum Gasteiger partial charge on any atom is -0.310 e. The molecule has 3 rings (SSSR count). The molecule has 0 bridgehead atoms. The Balaban J connectivity index is 1.82. The Morgan fingerprint density at radius 2 is 2.14 bits per heavy atom. The van der Waals surface area contributed by atoms with Crippen LogP contribution in [0.2, 0.25) is 0 Å². The van der Waals surface area contributed by atoms with Gasteiger partial charge in [-0.25, -0.2) is 9.97 Å². The fourth-order valence-corrected chi connectivity index (χ4v) is 4.18. The predicted octanol–water partition coefficient (Wildman–Crippen LogP) is 4.51. The lowest BCUT2D eigenvalue weighted by Crippen LogP contribution is -2.17. The van der Waals surface area contributed by atoms with Gasteiger partial charge in [-0.05, 0) is 55.1 Å². The van der Waals surface area contributed by atoms with Gasteiger partial charge in [0.15, 0.2) is 4.34 Å². The van der Waals surface area contributed by atoms with Crippen molar-refractivity contribution in [1.29, 1.82) is 0 Å². The fraction of sp³-hybridized carbons (Fsp3) is 0.250. The Hall–Kier alpha value is -1.43. The molecule has 0 saturated heterocycles. The summed E-state index contributed by atoms with van der Waals surface area (Å²) < 4.78 is 2.26. The van der Waals surface area contributed by atoms with Crippen LogP contribution in [0.3, 0.4) is 0 Å². The van der Waals surface area contributed by atoms with Crippen LogP contribution < -0.4 is 5.32 Å². The molecule has 1 atom stereocenters. The molecule has 21 heavy (non-hydrogen) atoms. The van der Waals surface area contributed by atoms with Crippen molar-refractivity contribution in [2.24, 2.45) is 0 Å². The summed E-state index contributed by atoms with van der Waals surface area (Å²) >= 11 is 3.34. The molecule has 5 heteroatoms. The van der Waals surface area contributed by atoms with Crippen molar-refractivity contribution in [3.05, 3.63) is 48.2 Å². The highest BCUT2D eigenvalue weighted by atomic mass is 32.2. The quantitative estimate of drug-likeness (QED) is 0.751. The van der Waals surface area contributed by atoms with Gasteiger partial charge in [-0.1, -0.05) is 19.1 Å². The average molecular weight is 315 g/mol. The van der Waals surface area contributed by atoms with Crippen LogP contribution in [-0.2, 0) is 0 Å². The number of nitrogens with zero attached hydrogens (tertiary/aromatic N) is 2. The average Bonchev–Trinajstić information content (AvgIpc) is 2.90. The van der Waals surface area contributed by atoms with Crippen LogP contribution in [0.25, 0.3) is 10.2 Å². The van der Waals surface area contributed by atoms with Crippen LogP contribution in [0.1, 0.15) is 25.5 Å². The first-order valence-corrected chi connectivity index (χ1v) is 8.62. The summed E-state index contributed by atoms with van der Waals surface area (Å²) in [6.07, 6.45) is 1.87. The molecule has 3 aromatic rings. The summed E-state index contributed by atoms with van der Waals surface area (Å²) in [7, 11) is 0. The van der Waals surface area contributed by atoms with E-state index in [2.05, 4.69) is 47.3 Å². The van der Waals surface area contributed by atoms with Gasteiger partial charge in [0.2, 0.25) is 0 Å². The van der Waals surface area contributed by atoms with Gasteiger partial charge < -0.3 is 5.32 Å². The molecule has 1 N–H and O–H groups in total. The topological polar surface area (TPSA) is 37.8 Å². The van der Waals surface area contributed by atoms with Crippen LogP contribution in [0.4, 0.5) is 0 Å². The number of nitrogens with one attached hydrogen (secondary N) is 1. The first-order valence-electron chi connectivity index (χ1n) is 6.99. The van der Waals surface area contributed by atoms with E-state index in [-0.39, 0.29) is 0 Å². The zero-order valence-electron chi connectivity index (χ0n) is 12.0. The van der Waals surface area contributed by atoms with Gasteiger partial charge in [0, 0.05) is 12.2 Å². The fourth-order valence-electron chi connectivity index (χ4n) is 2.16. The number of para-hydroxylation sites is 1. The first-order chi connectivity index (χ1) is 10.3. The molecule has 0 aliphatic rings. The van der Waals surface area contributed by atoms with Crippen molar-refractivity contribution in [2.75, 3.05) is 6.54 Å². The second kappa shape index (κ2) is 6.56. The van der Waals surface area contributed by atoms with E-state index < -0.39 is 0 Å². The van der Waals surface area contributed by atoms with E-state index in [0.717, 1.165) is 21.4 Å². The number of pyridine rings is 1. The summed E-state index contributed by atoms with van der Waals surface area (Å²) in [5, 5.41) is 4.42. The number of rotatable bonds is 5. The van der Waals surface area contributed by atoms with Gasteiger partial charge in [0.05, 0.1) is 10.2 Å². The van der Waals surface area contributed by atoms with E-state index in [9.17, 15) is 0 Å². The third-order valence-electron chi connectivity index (χ3n) is 3.24. The lowest BCUT2D eigenvalue weighted by atomic mass is 10.1. The zero-order chi connectivity index (χ0) is 14.7. The Bertz CT molecular complexity index is 706. The normalized spacial score (nSPS) is 12.7. The standard InChI is InChI=1S/C16H17N3S2/c1-3-17-11(2)12-8-9-18-15(10-12)21-16-19-13-6-4-5-7-14(13)20-16/h4-11,17H,3H2,1-2H3. The van der Waals surface area contributed by atoms with Gasteiger partial charge in [-0.15, -0.1) is 11.3 Å². The van der Waals surface area contributed by atoms with Crippen LogP contribution in [-0.4, -0.2) is 16.5 Å². The molecule has 0 radical (unpaired) electrons. The monoisotopic (exact) mass is 315 g/mol. The van der Waals surface area contributed by atoms with Crippen molar-refractivity contribution >= 4 is 33.3 Å². The van der Waals surface area contributed by atoms with E-state index in [1.807, 2.05) is 24.4 Å². The van der Waals surface area contributed by atoms with Gasteiger partial charge in [-0.3, -0.25) is 0 Å². The SMILES string of the molecule is CCNC(C)c1ccnc(Sc2nc3ccccc3s2)c1. The molecule has 108 valence electrons. The second-order valence-corrected chi connectivity index (χ2v) is 7.05. The Morgan fingerprint density at radius 3 is 2.95 bits per heavy atom. The van der Waals surface area contributed by atoms with Crippen molar-refractivity contribution in [3.8, 4) is 0 Å². The Morgan fingerprint density at radius 1 is 1.29 bits per heavy atom. The van der Waals surface area contributed by atoms with E-state index >= 15 is 0 Å². The summed E-state index contributed by atoms with van der Waals surface area (Å²) in [6, 6.07) is 12.8. The van der Waals surface area contributed by atoms with E-state index in [0.29, 0.717) is 6.04 Å². The number of hydrogen-bond acceptors (Lipinski definition) is 5. The highest BCUT2D eigenvalue weighted by Gasteiger charge is 2.09. The molecular formula is C16H17N3S2. The summed E-state index contributed by atoms with van der Waals surface area (Å²) in [5.41, 5.74) is 2.32. The summed E-state index contributed by atoms with van der Waals surface area (Å²) in [6.45, 7) is 5.25. The molecule has 3 nitrogen and oxygen atoms in total. The van der Waals surface area contributed by atoms with Crippen molar-refractivity contribution in [1.82, 2.24) is 15.3 Å². The van der Waals surface area contributed by atoms with E-state index in [4.69, 9.17) is 0 Å². The van der Waals surface area contributed by atoms with E-state index in [1.54, 1.807) is 23.1 Å². The van der Waals surface area contributed by atoms with Crippen LogP contribution >= 0.6 is 23.1 Å². The summed E-state index contributed by atoms with van der Waals surface area (Å²) in [4.78, 5) is 9.09. The number of thiazole rings is 1. The minimum atomic E-state index is 0.340. The highest BCUT2D eigenvalue weighted by molar-refractivity contribution is 8.01. The molecule has 0 spiro atoms. The number of aromatic nitrogens is 2. The van der Waals surface area contributed by atoms with Crippen molar-refractivity contribution < 1.29 is 0 Å².